The van der Waals surface area contributed by atoms with Crippen LogP contribution in [-0.4, -0.2) is 23.7 Å². The fourth-order valence-corrected chi connectivity index (χ4v) is 0.676. The average molecular weight is 171 g/mol. The summed E-state index contributed by atoms with van der Waals surface area (Å²) in [5, 5.41) is 2.84. The summed E-state index contributed by atoms with van der Waals surface area (Å²) in [5.74, 6) is 0.674. The molecule has 11 heavy (non-hydrogen) atoms. The molecule has 0 bridgehead atoms. The second-order valence-electron chi connectivity index (χ2n) is 1.90. The van der Waals surface area contributed by atoms with E-state index >= 15 is 0 Å². The molecule has 0 aliphatic carbocycles. The molecular weight excluding hydrogens is 162 g/mol. The molecule has 4 nitrogen and oxygen atoms in total. The number of ether oxygens (including phenoxy) is 1. The minimum Gasteiger partial charge on any atom is -0.475 e. The Morgan fingerprint density at radius 3 is 3.18 bits per heavy atom. The molecule has 1 aromatic heterocycles. The molecule has 0 unspecified atom stereocenters. The summed E-state index contributed by atoms with van der Waals surface area (Å²) in [5.41, 5.74) is 0. The van der Waals surface area contributed by atoms with Crippen molar-refractivity contribution >= 4 is 12.2 Å². The van der Waals surface area contributed by atoms with Crippen molar-refractivity contribution in [2.45, 2.75) is 0 Å². The number of nitrogens with zero attached hydrogens (tertiary/aromatic N) is 1. The summed E-state index contributed by atoms with van der Waals surface area (Å²) in [7, 11) is 1.80. The van der Waals surface area contributed by atoms with Crippen LogP contribution in [0.25, 0.3) is 0 Å². The topological polar surface area (TPSA) is 49.9 Å². The molecule has 0 aromatic carbocycles. The van der Waals surface area contributed by atoms with Gasteiger partial charge in [-0.05, 0) is 19.3 Å². The van der Waals surface area contributed by atoms with Crippen molar-refractivity contribution < 1.29 is 4.74 Å². The Balaban J connectivity index is 2.59. The molecule has 0 spiro atoms. The Kier molecular flexibility index (Phi) is 3.00. The minimum absolute atomic E-state index is 0.460. The van der Waals surface area contributed by atoms with Crippen molar-refractivity contribution in [2.75, 3.05) is 13.8 Å². The third-order valence-corrected chi connectivity index (χ3v) is 1.25. The van der Waals surface area contributed by atoms with Crippen molar-refractivity contribution in [1.82, 2.24) is 15.3 Å². The maximum atomic E-state index is 5.16. The predicted octanol–water partition coefficient (Wildman–Crippen LogP) is 0.695. The molecular formula is C6H9N3OS. The molecule has 0 amide bonds. The van der Waals surface area contributed by atoms with Gasteiger partial charge in [0.2, 0.25) is 0 Å². The Hall–Kier alpha value is -0.940. The van der Waals surface area contributed by atoms with Crippen LogP contribution < -0.4 is 10.1 Å². The first-order valence-electron chi connectivity index (χ1n) is 3.15. The predicted molar refractivity (Wildman–Crippen MR) is 44.0 cm³/mol. The van der Waals surface area contributed by atoms with Gasteiger partial charge in [-0.15, -0.1) is 0 Å². The zero-order valence-corrected chi connectivity index (χ0v) is 6.94. The second kappa shape index (κ2) is 4.05. The van der Waals surface area contributed by atoms with E-state index in [4.69, 9.17) is 17.0 Å². The van der Waals surface area contributed by atoms with Crippen molar-refractivity contribution in [3.05, 3.63) is 17.2 Å². The lowest BCUT2D eigenvalue weighted by molar-refractivity contribution is 0.293. The largest absolute Gasteiger partial charge is 0.475 e. The van der Waals surface area contributed by atoms with Gasteiger partial charge in [0.1, 0.15) is 6.73 Å². The van der Waals surface area contributed by atoms with Crippen molar-refractivity contribution in [2.24, 2.45) is 0 Å². The highest BCUT2D eigenvalue weighted by Crippen LogP contribution is 2.02. The summed E-state index contributed by atoms with van der Waals surface area (Å²) >= 11 is 4.75. The van der Waals surface area contributed by atoms with Crippen LogP contribution in [0.4, 0.5) is 0 Å². The molecule has 1 heterocycles. The minimum atomic E-state index is 0.460. The van der Waals surface area contributed by atoms with Crippen molar-refractivity contribution in [3.63, 3.8) is 0 Å². The number of H-pyrrole nitrogens is 1. The molecule has 60 valence electrons. The van der Waals surface area contributed by atoms with Crippen molar-refractivity contribution in [1.29, 1.82) is 0 Å². The summed E-state index contributed by atoms with van der Waals surface area (Å²) in [6.07, 6.45) is 3.25. The SMILES string of the molecule is CNCOc1cnc(=S)[nH]c1. The fraction of sp³-hybridized carbons (Fsp3) is 0.333. The highest BCUT2D eigenvalue weighted by molar-refractivity contribution is 7.71. The Morgan fingerprint density at radius 1 is 1.82 bits per heavy atom. The van der Waals surface area contributed by atoms with E-state index < -0.39 is 0 Å². The number of nitrogens with one attached hydrogen (secondary N) is 2. The van der Waals surface area contributed by atoms with E-state index in [1.165, 1.54) is 0 Å². The molecule has 0 radical (unpaired) electrons. The molecule has 1 aromatic rings. The van der Waals surface area contributed by atoms with Gasteiger partial charge in [0.05, 0.1) is 6.20 Å². The zero-order valence-electron chi connectivity index (χ0n) is 6.13. The van der Waals surface area contributed by atoms with Crippen LogP contribution in [0.2, 0.25) is 0 Å². The van der Waals surface area contributed by atoms with E-state index in [-0.39, 0.29) is 0 Å². The standard InChI is InChI=1S/C6H9N3OS/c1-7-4-10-5-2-8-6(11)9-3-5/h2-3,7H,4H2,1H3,(H,8,9,11). The number of hydrogen-bond acceptors (Lipinski definition) is 4. The zero-order chi connectivity index (χ0) is 8.10. The first-order valence-corrected chi connectivity index (χ1v) is 3.56. The lowest BCUT2D eigenvalue weighted by Crippen LogP contribution is -2.14. The van der Waals surface area contributed by atoms with Gasteiger partial charge in [-0.2, -0.15) is 0 Å². The highest BCUT2D eigenvalue weighted by Gasteiger charge is 1.89. The van der Waals surface area contributed by atoms with E-state index in [0.717, 1.165) is 0 Å². The Bertz CT molecular complexity index is 252. The quantitative estimate of drug-likeness (QED) is 0.519. The second-order valence-corrected chi connectivity index (χ2v) is 2.28. The maximum Gasteiger partial charge on any atom is 0.196 e. The molecule has 0 aliphatic rings. The van der Waals surface area contributed by atoms with E-state index in [1.54, 1.807) is 19.4 Å². The van der Waals surface area contributed by atoms with Gasteiger partial charge in [-0.1, -0.05) is 0 Å². The van der Waals surface area contributed by atoms with Crippen LogP contribution in [0, 0.1) is 4.77 Å². The van der Waals surface area contributed by atoms with Gasteiger partial charge in [-0.3, -0.25) is 5.32 Å². The summed E-state index contributed by atoms with van der Waals surface area (Å²) in [6, 6.07) is 0. The lowest BCUT2D eigenvalue weighted by atomic mass is 10.6. The third-order valence-electron chi connectivity index (χ3n) is 1.03. The van der Waals surface area contributed by atoms with Crippen LogP contribution in [0.15, 0.2) is 12.4 Å². The molecule has 0 aliphatic heterocycles. The van der Waals surface area contributed by atoms with Gasteiger partial charge >= 0.3 is 0 Å². The molecule has 0 saturated carbocycles. The van der Waals surface area contributed by atoms with Crippen LogP contribution in [0.1, 0.15) is 0 Å². The van der Waals surface area contributed by atoms with Crippen LogP contribution >= 0.6 is 12.2 Å². The normalized spacial score (nSPS) is 9.55. The van der Waals surface area contributed by atoms with Crippen LogP contribution in [-0.2, 0) is 0 Å². The summed E-state index contributed by atoms with van der Waals surface area (Å²) in [4.78, 5) is 6.60. The summed E-state index contributed by atoms with van der Waals surface area (Å²) in [6.45, 7) is 0.465. The monoisotopic (exact) mass is 171 g/mol. The number of rotatable bonds is 3. The summed E-state index contributed by atoms with van der Waals surface area (Å²) < 4.78 is 5.62. The molecule has 2 N–H and O–H groups in total. The van der Waals surface area contributed by atoms with Gasteiger partial charge in [0.15, 0.2) is 10.5 Å². The number of aromatic nitrogens is 2. The van der Waals surface area contributed by atoms with E-state index in [9.17, 15) is 0 Å². The lowest BCUT2D eigenvalue weighted by Gasteiger charge is -2.02. The molecule has 0 fully saturated rings. The molecule has 0 atom stereocenters. The molecule has 1 rings (SSSR count). The van der Waals surface area contributed by atoms with Crippen molar-refractivity contribution in [3.8, 4) is 5.75 Å². The van der Waals surface area contributed by atoms with Crippen LogP contribution in [0.5, 0.6) is 5.75 Å². The Morgan fingerprint density at radius 2 is 2.64 bits per heavy atom. The fourth-order valence-electron chi connectivity index (χ4n) is 0.564. The maximum absolute atomic E-state index is 5.16. The number of hydrogen-bond donors (Lipinski definition) is 2. The number of aromatic amines is 1. The van der Waals surface area contributed by atoms with Gasteiger partial charge in [-0.25, -0.2) is 4.98 Å². The molecule has 0 saturated heterocycles. The Labute approximate surface area is 69.6 Å². The average Bonchev–Trinajstić information content (AvgIpc) is 2.04. The smallest absolute Gasteiger partial charge is 0.196 e. The van der Waals surface area contributed by atoms with Gasteiger partial charge in [0.25, 0.3) is 0 Å². The first-order chi connectivity index (χ1) is 5.33. The highest BCUT2D eigenvalue weighted by atomic mass is 32.1. The van der Waals surface area contributed by atoms with Gasteiger partial charge in [0, 0.05) is 6.20 Å². The first kappa shape index (κ1) is 8.16. The third kappa shape index (κ3) is 2.65. The van der Waals surface area contributed by atoms with E-state index in [1.807, 2.05) is 0 Å². The van der Waals surface area contributed by atoms with E-state index in [0.29, 0.717) is 17.3 Å². The van der Waals surface area contributed by atoms with Gasteiger partial charge < -0.3 is 9.72 Å². The molecule has 5 heteroatoms. The van der Waals surface area contributed by atoms with E-state index in [2.05, 4.69) is 15.3 Å². The van der Waals surface area contributed by atoms with Crippen LogP contribution in [0.3, 0.4) is 0 Å².